The molecular weight excluding hydrogens is 285 g/mol. The lowest BCUT2D eigenvalue weighted by Crippen LogP contribution is -2.15. The molecule has 0 radical (unpaired) electrons. The molecular formula is C12H14IN. The molecule has 14 heavy (non-hydrogen) atoms. The zero-order valence-corrected chi connectivity index (χ0v) is 10.6. The highest BCUT2D eigenvalue weighted by Gasteiger charge is 2.02. The molecule has 0 fully saturated rings. The van der Waals surface area contributed by atoms with Gasteiger partial charge in [0.1, 0.15) is 0 Å². The fraction of sp³-hybridized carbons (Fsp3) is 0.333. The van der Waals surface area contributed by atoms with Crippen LogP contribution in [0, 0.1) is 22.8 Å². The standard InChI is InChI=1S/C12H14IN/c1-4-10(5-2)14-11-7-6-9(3)12(13)8-11/h1,6-8,10,14H,5H2,2-3H3. The highest BCUT2D eigenvalue weighted by atomic mass is 127. The molecule has 1 unspecified atom stereocenters. The Morgan fingerprint density at radius 3 is 2.79 bits per heavy atom. The lowest BCUT2D eigenvalue weighted by Gasteiger charge is -2.12. The Bertz CT molecular complexity index is 352. The lowest BCUT2D eigenvalue weighted by molar-refractivity contribution is 0.857. The van der Waals surface area contributed by atoms with E-state index in [0.29, 0.717) is 0 Å². The van der Waals surface area contributed by atoms with Crippen LogP contribution in [0.2, 0.25) is 0 Å². The third kappa shape index (κ3) is 2.91. The SMILES string of the molecule is C#CC(CC)Nc1ccc(C)c(I)c1. The second-order valence-electron chi connectivity index (χ2n) is 3.24. The van der Waals surface area contributed by atoms with Crippen molar-refractivity contribution in [1.82, 2.24) is 0 Å². The zero-order chi connectivity index (χ0) is 10.6. The average Bonchev–Trinajstić information content (AvgIpc) is 2.19. The van der Waals surface area contributed by atoms with Crippen LogP contribution in [0.15, 0.2) is 18.2 Å². The maximum Gasteiger partial charge on any atom is 0.0871 e. The molecule has 0 saturated heterocycles. The number of halogens is 1. The number of nitrogens with one attached hydrogen (secondary N) is 1. The summed E-state index contributed by atoms with van der Waals surface area (Å²) in [6, 6.07) is 6.43. The van der Waals surface area contributed by atoms with Crippen molar-refractivity contribution in [3.8, 4) is 12.3 Å². The van der Waals surface area contributed by atoms with E-state index in [0.717, 1.165) is 12.1 Å². The van der Waals surface area contributed by atoms with Gasteiger partial charge in [-0.3, -0.25) is 0 Å². The van der Waals surface area contributed by atoms with Gasteiger partial charge in [0, 0.05) is 9.26 Å². The predicted molar refractivity (Wildman–Crippen MR) is 70.4 cm³/mol. The molecule has 1 rings (SSSR count). The highest BCUT2D eigenvalue weighted by Crippen LogP contribution is 2.17. The van der Waals surface area contributed by atoms with Crippen molar-refractivity contribution < 1.29 is 0 Å². The summed E-state index contributed by atoms with van der Waals surface area (Å²) in [7, 11) is 0. The van der Waals surface area contributed by atoms with E-state index in [1.165, 1.54) is 9.13 Å². The van der Waals surface area contributed by atoms with Crippen LogP contribution in [0.25, 0.3) is 0 Å². The largest absolute Gasteiger partial charge is 0.372 e. The van der Waals surface area contributed by atoms with Gasteiger partial charge in [0.2, 0.25) is 0 Å². The molecule has 0 heterocycles. The molecule has 1 aromatic rings. The molecule has 1 nitrogen and oxygen atoms in total. The molecule has 0 bridgehead atoms. The van der Waals surface area contributed by atoms with E-state index in [1.54, 1.807) is 0 Å². The number of anilines is 1. The van der Waals surface area contributed by atoms with Gasteiger partial charge in [-0.15, -0.1) is 6.42 Å². The molecule has 1 aromatic carbocycles. The van der Waals surface area contributed by atoms with Gasteiger partial charge in [0.05, 0.1) is 6.04 Å². The zero-order valence-electron chi connectivity index (χ0n) is 8.47. The van der Waals surface area contributed by atoms with Crippen LogP contribution in [-0.4, -0.2) is 6.04 Å². The van der Waals surface area contributed by atoms with Crippen molar-refractivity contribution in [3.63, 3.8) is 0 Å². The first-order valence-electron chi connectivity index (χ1n) is 4.66. The number of benzene rings is 1. The summed E-state index contributed by atoms with van der Waals surface area (Å²) >= 11 is 2.33. The predicted octanol–water partition coefficient (Wildman–Crippen LogP) is 3.42. The first-order valence-corrected chi connectivity index (χ1v) is 5.74. The van der Waals surface area contributed by atoms with Gasteiger partial charge in [0.15, 0.2) is 0 Å². The van der Waals surface area contributed by atoms with Crippen molar-refractivity contribution in [3.05, 3.63) is 27.3 Å². The van der Waals surface area contributed by atoms with Crippen molar-refractivity contribution in [1.29, 1.82) is 0 Å². The summed E-state index contributed by atoms with van der Waals surface area (Å²) in [6.07, 6.45) is 6.33. The summed E-state index contributed by atoms with van der Waals surface area (Å²) in [5.41, 5.74) is 2.40. The summed E-state index contributed by atoms with van der Waals surface area (Å²) in [5, 5.41) is 3.31. The molecule has 0 spiro atoms. The molecule has 74 valence electrons. The third-order valence-electron chi connectivity index (χ3n) is 2.12. The summed E-state index contributed by atoms with van der Waals surface area (Å²) in [5.74, 6) is 2.72. The molecule has 0 aliphatic rings. The molecule has 0 aliphatic carbocycles. The van der Waals surface area contributed by atoms with Crippen molar-refractivity contribution in [2.45, 2.75) is 26.3 Å². The van der Waals surface area contributed by atoms with Gasteiger partial charge >= 0.3 is 0 Å². The van der Waals surface area contributed by atoms with E-state index in [9.17, 15) is 0 Å². The van der Waals surface area contributed by atoms with Crippen LogP contribution in [-0.2, 0) is 0 Å². The number of terminal acetylenes is 1. The van der Waals surface area contributed by atoms with Crippen LogP contribution in [0.1, 0.15) is 18.9 Å². The number of hydrogen-bond donors (Lipinski definition) is 1. The smallest absolute Gasteiger partial charge is 0.0871 e. The van der Waals surface area contributed by atoms with Crippen molar-refractivity contribution in [2.75, 3.05) is 5.32 Å². The maximum absolute atomic E-state index is 5.38. The Morgan fingerprint density at radius 2 is 2.29 bits per heavy atom. The minimum absolute atomic E-state index is 0.133. The van der Waals surface area contributed by atoms with Crippen LogP contribution in [0.4, 0.5) is 5.69 Å². The van der Waals surface area contributed by atoms with Gasteiger partial charge in [-0.1, -0.05) is 18.9 Å². The van der Waals surface area contributed by atoms with Crippen LogP contribution < -0.4 is 5.32 Å². The quantitative estimate of drug-likeness (QED) is 0.666. The van der Waals surface area contributed by atoms with Gasteiger partial charge in [-0.2, -0.15) is 0 Å². The van der Waals surface area contributed by atoms with Crippen LogP contribution in [0.3, 0.4) is 0 Å². The first-order chi connectivity index (χ1) is 6.67. The number of aryl methyl sites for hydroxylation is 1. The second kappa shape index (κ2) is 5.26. The molecule has 0 amide bonds. The van der Waals surface area contributed by atoms with Gasteiger partial charge in [0.25, 0.3) is 0 Å². The number of rotatable bonds is 3. The summed E-state index contributed by atoms with van der Waals surface area (Å²) in [4.78, 5) is 0. The monoisotopic (exact) mass is 299 g/mol. The van der Waals surface area contributed by atoms with Crippen molar-refractivity contribution in [2.24, 2.45) is 0 Å². The topological polar surface area (TPSA) is 12.0 Å². The Labute approximate surface area is 99.4 Å². The van der Waals surface area contributed by atoms with E-state index < -0.39 is 0 Å². The normalized spacial score (nSPS) is 11.9. The molecule has 1 atom stereocenters. The summed E-state index contributed by atoms with van der Waals surface area (Å²) < 4.78 is 1.26. The molecule has 2 heteroatoms. The minimum atomic E-state index is 0.133. The van der Waals surface area contributed by atoms with Crippen LogP contribution in [0.5, 0.6) is 0 Å². The Kier molecular flexibility index (Phi) is 4.27. The Balaban J connectivity index is 2.78. The van der Waals surface area contributed by atoms with E-state index in [1.807, 2.05) is 0 Å². The van der Waals surface area contributed by atoms with E-state index in [2.05, 4.69) is 65.9 Å². The van der Waals surface area contributed by atoms with E-state index in [4.69, 9.17) is 6.42 Å². The van der Waals surface area contributed by atoms with Gasteiger partial charge in [-0.25, -0.2) is 0 Å². The molecule has 0 aliphatic heterocycles. The molecule has 0 aromatic heterocycles. The molecule has 1 N–H and O–H groups in total. The Hall–Kier alpha value is -0.690. The van der Waals surface area contributed by atoms with Gasteiger partial charge in [-0.05, 0) is 53.6 Å². The van der Waals surface area contributed by atoms with Gasteiger partial charge < -0.3 is 5.32 Å². The molecule has 0 saturated carbocycles. The fourth-order valence-corrected chi connectivity index (χ4v) is 1.66. The van der Waals surface area contributed by atoms with Crippen LogP contribution >= 0.6 is 22.6 Å². The first kappa shape index (κ1) is 11.4. The minimum Gasteiger partial charge on any atom is -0.372 e. The van der Waals surface area contributed by atoms with E-state index >= 15 is 0 Å². The maximum atomic E-state index is 5.38. The lowest BCUT2D eigenvalue weighted by atomic mass is 10.2. The Morgan fingerprint density at radius 1 is 1.57 bits per heavy atom. The van der Waals surface area contributed by atoms with Crippen molar-refractivity contribution >= 4 is 28.3 Å². The fourth-order valence-electron chi connectivity index (χ4n) is 1.15. The highest BCUT2D eigenvalue weighted by molar-refractivity contribution is 14.1. The summed E-state index contributed by atoms with van der Waals surface area (Å²) in [6.45, 7) is 4.18. The second-order valence-corrected chi connectivity index (χ2v) is 4.40. The van der Waals surface area contributed by atoms with E-state index in [-0.39, 0.29) is 6.04 Å². The average molecular weight is 299 g/mol. The third-order valence-corrected chi connectivity index (χ3v) is 3.28. The number of hydrogen-bond acceptors (Lipinski definition) is 1.